The number of nitrogens with one attached hydrogen (secondary N) is 1. The lowest BCUT2D eigenvalue weighted by Gasteiger charge is -2.14. The number of nitrogens with zero attached hydrogens (tertiary/aromatic N) is 2. The van der Waals surface area contributed by atoms with Crippen LogP contribution in [0.2, 0.25) is 0 Å². The monoisotopic (exact) mass is 233 g/mol. The molecule has 0 aliphatic rings. The summed E-state index contributed by atoms with van der Waals surface area (Å²) in [6.45, 7) is 2.74. The minimum atomic E-state index is -0.198. The zero-order chi connectivity index (χ0) is 12.3. The highest BCUT2D eigenvalue weighted by molar-refractivity contribution is 5.19. The topological polar surface area (TPSA) is 29.9 Å². The summed E-state index contributed by atoms with van der Waals surface area (Å²) >= 11 is 0. The normalized spacial score (nSPS) is 12.6. The first-order valence-electron chi connectivity index (χ1n) is 5.61. The van der Waals surface area contributed by atoms with Gasteiger partial charge in [0.15, 0.2) is 0 Å². The van der Waals surface area contributed by atoms with E-state index in [1.165, 1.54) is 6.07 Å². The predicted octanol–water partition coefficient (Wildman–Crippen LogP) is 2.41. The van der Waals surface area contributed by atoms with E-state index in [1.54, 1.807) is 18.5 Å². The van der Waals surface area contributed by atoms with Crippen molar-refractivity contribution in [3.63, 3.8) is 0 Å². The third-order valence-electron chi connectivity index (χ3n) is 2.85. The molecule has 0 aliphatic heterocycles. The van der Waals surface area contributed by atoms with Crippen molar-refractivity contribution in [2.45, 2.75) is 19.5 Å². The maximum Gasteiger partial charge on any atom is 0.123 e. The second-order valence-corrected chi connectivity index (χ2v) is 4.15. The van der Waals surface area contributed by atoms with Crippen LogP contribution >= 0.6 is 0 Å². The van der Waals surface area contributed by atoms with Gasteiger partial charge in [-0.1, -0.05) is 12.1 Å². The molecule has 0 bridgehead atoms. The minimum absolute atomic E-state index is 0.112. The average Bonchev–Trinajstić information content (AvgIpc) is 2.72. The summed E-state index contributed by atoms with van der Waals surface area (Å²) in [4.78, 5) is 4.05. The van der Waals surface area contributed by atoms with Gasteiger partial charge < -0.3 is 9.88 Å². The van der Waals surface area contributed by atoms with Crippen LogP contribution in [0.1, 0.15) is 24.2 Å². The van der Waals surface area contributed by atoms with Crippen molar-refractivity contribution in [3.8, 4) is 0 Å². The number of aromatic nitrogens is 2. The number of halogens is 1. The van der Waals surface area contributed by atoms with Crippen molar-refractivity contribution in [3.05, 3.63) is 53.9 Å². The maximum absolute atomic E-state index is 13.1. The standard InChI is InChI=1S/C13H16FN3/c1-10(11-4-3-5-12(14)6-11)16-8-13-7-15-9-17(13)2/h3-7,9-10,16H,8H2,1-2H3/t10-/m0/s1. The van der Waals surface area contributed by atoms with Gasteiger partial charge >= 0.3 is 0 Å². The van der Waals surface area contributed by atoms with Crippen molar-refractivity contribution in [2.75, 3.05) is 0 Å². The van der Waals surface area contributed by atoms with E-state index in [1.807, 2.05) is 30.8 Å². The van der Waals surface area contributed by atoms with Gasteiger partial charge in [0, 0.05) is 25.8 Å². The third-order valence-corrected chi connectivity index (χ3v) is 2.85. The first-order chi connectivity index (χ1) is 8.16. The molecule has 0 fully saturated rings. The van der Waals surface area contributed by atoms with Gasteiger partial charge in [0.25, 0.3) is 0 Å². The van der Waals surface area contributed by atoms with Crippen molar-refractivity contribution in [1.29, 1.82) is 0 Å². The molecule has 1 aromatic heterocycles. The zero-order valence-electron chi connectivity index (χ0n) is 10.0. The van der Waals surface area contributed by atoms with Crippen molar-refractivity contribution >= 4 is 0 Å². The Morgan fingerprint density at radius 2 is 2.29 bits per heavy atom. The van der Waals surface area contributed by atoms with Gasteiger partial charge in [-0.2, -0.15) is 0 Å². The number of aryl methyl sites for hydroxylation is 1. The quantitative estimate of drug-likeness (QED) is 0.878. The van der Waals surface area contributed by atoms with E-state index in [4.69, 9.17) is 0 Å². The van der Waals surface area contributed by atoms with Crippen molar-refractivity contribution in [2.24, 2.45) is 7.05 Å². The van der Waals surface area contributed by atoms with Crippen molar-refractivity contribution in [1.82, 2.24) is 14.9 Å². The van der Waals surface area contributed by atoms with E-state index in [0.717, 1.165) is 11.3 Å². The second kappa shape index (κ2) is 5.10. The summed E-state index contributed by atoms with van der Waals surface area (Å²) < 4.78 is 15.0. The number of imidazole rings is 1. The Labute approximate surface area is 100 Å². The molecule has 3 nitrogen and oxygen atoms in total. The first-order valence-corrected chi connectivity index (χ1v) is 5.61. The second-order valence-electron chi connectivity index (χ2n) is 4.15. The van der Waals surface area contributed by atoms with E-state index in [9.17, 15) is 4.39 Å². The highest BCUT2D eigenvalue weighted by Crippen LogP contribution is 2.14. The Kier molecular flexibility index (Phi) is 3.54. The fourth-order valence-corrected chi connectivity index (χ4v) is 1.71. The molecule has 90 valence electrons. The van der Waals surface area contributed by atoms with Crippen LogP contribution < -0.4 is 5.32 Å². The van der Waals surface area contributed by atoms with E-state index in [2.05, 4.69) is 10.3 Å². The molecule has 2 rings (SSSR count). The SMILES string of the molecule is C[C@H](NCc1cncn1C)c1cccc(F)c1. The Balaban J connectivity index is 1.98. The molecule has 1 aromatic carbocycles. The fraction of sp³-hybridized carbons (Fsp3) is 0.308. The van der Waals surface area contributed by atoms with Crippen LogP contribution in [0, 0.1) is 5.82 Å². The molecule has 0 aliphatic carbocycles. The van der Waals surface area contributed by atoms with Gasteiger partial charge in [0.1, 0.15) is 5.82 Å². The summed E-state index contributed by atoms with van der Waals surface area (Å²) in [7, 11) is 1.96. The Hall–Kier alpha value is -1.68. The lowest BCUT2D eigenvalue weighted by Crippen LogP contribution is -2.19. The molecule has 0 saturated carbocycles. The van der Waals surface area contributed by atoms with Gasteiger partial charge in [-0.05, 0) is 24.6 Å². The van der Waals surface area contributed by atoms with Gasteiger partial charge in [-0.25, -0.2) is 9.37 Å². The average molecular weight is 233 g/mol. The number of rotatable bonds is 4. The van der Waals surface area contributed by atoms with Crippen molar-refractivity contribution < 1.29 is 4.39 Å². The molecule has 0 unspecified atom stereocenters. The first kappa shape index (κ1) is 11.8. The molecule has 0 spiro atoms. The molecule has 1 atom stereocenters. The maximum atomic E-state index is 13.1. The largest absolute Gasteiger partial charge is 0.337 e. The Morgan fingerprint density at radius 1 is 1.47 bits per heavy atom. The summed E-state index contributed by atoms with van der Waals surface area (Å²) in [5, 5.41) is 3.34. The molecular formula is C13H16FN3. The highest BCUT2D eigenvalue weighted by atomic mass is 19.1. The summed E-state index contributed by atoms with van der Waals surface area (Å²) in [6.07, 6.45) is 3.59. The molecule has 4 heteroatoms. The lowest BCUT2D eigenvalue weighted by atomic mass is 10.1. The highest BCUT2D eigenvalue weighted by Gasteiger charge is 2.06. The van der Waals surface area contributed by atoms with E-state index < -0.39 is 0 Å². The van der Waals surface area contributed by atoms with Gasteiger partial charge in [-0.3, -0.25) is 0 Å². The van der Waals surface area contributed by atoms with Crippen LogP contribution in [0.4, 0.5) is 4.39 Å². The van der Waals surface area contributed by atoms with Crippen LogP contribution in [-0.4, -0.2) is 9.55 Å². The summed E-state index contributed by atoms with van der Waals surface area (Å²) in [6, 6.07) is 6.77. The molecule has 17 heavy (non-hydrogen) atoms. The molecule has 2 aromatic rings. The Bertz CT molecular complexity index is 493. The Morgan fingerprint density at radius 3 is 2.94 bits per heavy atom. The van der Waals surface area contributed by atoms with Crippen LogP contribution in [0.15, 0.2) is 36.8 Å². The van der Waals surface area contributed by atoms with Gasteiger partial charge in [-0.15, -0.1) is 0 Å². The van der Waals surface area contributed by atoms with Gasteiger partial charge in [0.2, 0.25) is 0 Å². The number of hydrogen-bond acceptors (Lipinski definition) is 2. The van der Waals surface area contributed by atoms with Crippen LogP contribution in [0.25, 0.3) is 0 Å². The van der Waals surface area contributed by atoms with E-state index in [0.29, 0.717) is 6.54 Å². The molecule has 1 heterocycles. The third kappa shape index (κ3) is 2.91. The van der Waals surface area contributed by atoms with Gasteiger partial charge in [0.05, 0.1) is 12.0 Å². The molecule has 0 radical (unpaired) electrons. The van der Waals surface area contributed by atoms with Crippen LogP contribution in [-0.2, 0) is 13.6 Å². The summed E-state index contributed by atoms with van der Waals surface area (Å²) in [5.74, 6) is -0.198. The number of hydrogen-bond donors (Lipinski definition) is 1. The van der Waals surface area contributed by atoms with E-state index >= 15 is 0 Å². The fourth-order valence-electron chi connectivity index (χ4n) is 1.71. The molecule has 0 amide bonds. The lowest BCUT2D eigenvalue weighted by molar-refractivity contribution is 0.551. The molecular weight excluding hydrogens is 217 g/mol. The smallest absolute Gasteiger partial charge is 0.123 e. The summed E-state index contributed by atoms with van der Waals surface area (Å²) in [5.41, 5.74) is 2.06. The zero-order valence-corrected chi connectivity index (χ0v) is 10.0. The predicted molar refractivity (Wildman–Crippen MR) is 64.9 cm³/mol. The van der Waals surface area contributed by atoms with Crippen LogP contribution in [0.5, 0.6) is 0 Å². The molecule has 0 saturated heterocycles. The minimum Gasteiger partial charge on any atom is -0.337 e. The number of benzene rings is 1. The molecule has 1 N–H and O–H groups in total. The van der Waals surface area contributed by atoms with E-state index in [-0.39, 0.29) is 11.9 Å². The van der Waals surface area contributed by atoms with Crippen LogP contribution in [0.3, 0.4) is 0 Å².